The van der Waals surface area contributed by atoms with E-state index in [0.717, 1.165) is 0 Å². The van der Waals surface area contributed by atoms with Gasteiger partial charge in [0.2, 0.25) is 0 Å². The van der Waals surface area contributed by atoms with Crippen molar-refractivity contribution < 1.29 is 18.8 Å². The molecule has 0 bridgehead atoms. The number of nitro groups is 1. The first-order chi connectivity index (χ1) is 12.4. The van der Waals surface area contributed by atoms with Crippen LogP contribution in [0, 0.1) is 15.9 Å². The fraction of sp³-hybridized carbons (Fsp3) is 0.278. The minimum Gasteiger partial charge on any atom is -0.489 e. The predicted molar refractivity (Wildman–Crippen MR) is 94.6 cm³/mol. The zero-order valence-electron chi connectivity index (χ0n) is 14.5. The molecule has 1 atom stereocenters. The number of rotatable bonds is 7. The molecule has 2 aromatic rings. The molecule has 1 N–H and O–H groups in total. The van der Waals surface area contributed by atoms with E-state index in [1.165, 1.54) is 29.2 Å². The van der Waals surface area contributed by atoms with Gasteiger partial charge in [-0.15, -0.1) is 0 Å². The van der Waals surface area contributed by atoms with Gasteiger partial charge in [-0.3, -0.25) is 10.1 Å². The lowest BCUT2D eigenvalue weighted by Gasteiger charge is -2.25. The lowest BCUT2D eigenvalue weighted by atomic mass is 10.1. The topological polar surface area (TPSA) is 84.7 Å². The number of ether oxygens (including phenoxy) is 1. The largest absolute Gasteiger partial charge is 0.489 e. The monoisotopic (exact) mass is 361 g/mol. The van der Waals surface area contributed by atoms with Crippen LogP contribution < -0.4 is 10.1 Å². The van der Waals surface area contributed by atoms with Crippen LogP contribution in [0.1, 0.15) is 18.5 Å². The average molecular weight is 361 g/mol. The molecule has 7 nitrogen and oxygen atoms in total. The van der Waals surface area contributed by atoms with Crippen LogP contribution in [-0.2, 0) is 0 Å². The van der Waals surface area contributed by atoms with E-state index < -0.39 is 10.7 Å². The number of halogens is 1. The molecule has 0 heterocycles. The van der Waals surface area contributed by atoms with Gasteiger partial charge in [-0.05, 0) is 24.6 Å². The maximum absolute atomic E-state index is 13.4. The van der Waals surface area contributed by atoms with E-state index in [-0.39, 0.29) is 36.7 Å². The summed E-state index contributed by atoms with van der Waals surface area (Å²) >= 11 is 0. The molecule has 0 fully saturated rings. The van der Waals surface area contributed by atoms with Crippen LogP contribution in [0.25, 0.3) is 0 Å². The lowest BCUT2D eigenvalue weighted by molar-refractivity contribution is -0.384. The van der Waals surface area contributed by atoms with E-state index in [9.17, 15) is 19.3 Å². The number of urea groups is 1. The molecule has 26 heavy (non-hydrogen) atoms. The van der Waals surface area contributed by atoms with Crippen molar-refractivity contribution in [2.75, 3.05) is 20.2 Å². The number of nitrogens with one attached hydrogen (secondary N) is 1. The molecule has 8 heteroatoms. The van der Waals surface area contributed by atoms with Gasteiger partial charge in [0.25, 0.3) is 5.69 Å². The zero-order chi connectivity index (χ0) is 19.1. The highest BCUT2D eigenvalue weighted by molar-refractivity contribution is 5.74. The van der Waals surface area contributed by atoms with Gasteiger partial charge >= 0.3 is 6.03 Å². The minimum atomic E-state index is -0.476. The third-order valence-corrected chi connectivity index (χ3v) is 3.94. The number of hydrogen-bond acceptors (Lipinski definition) is 4. The molecule has 2 rings (SSSR count). The van der Waals surface area contributed by atoms with Crippen LogP contribution in [0.15, 0.2) is 48.5 Å². The smallest absolute Gasteiger partial charge is 0.317 e. The van der Waals surface area contributed by atoms with Gasteiger partial charge in [-0.1, -0.05) is 24.3 Å². The molecule has 0 aliphatic carbocycles. The standard InChI is InChI=1S/C18H20FN3O4/c1-13(14-6-5-7-15(12-14)22(24)25)21(2)18(23)20-10-11-26-17-9-4-3-8-16(17)19/h3-9,12-13H,10-11H2,1-2H3,(H,20,23)/t13-/m1/s1. The Kier molecular flexibility index (Phi) is 6.48. The van der Waals surface area contributed by atoms with Crippen molar-refractivity contribution in [2.45, 2.75) is 13.0 Å². The molecule has 0 unspecified atom stereocenters. The number of amides is 2. The van der Waals surface area contributed by atoms with Crippen molar-refractivity contribution in [3.8, 4) is 5.75 Å². The molecule has 0 aliphatic heterocycles. The highest BCUT2D eigenvalue weighted by atomic mass is 19.1. The Balaban J connectivity index is 1.85. The van der Waals surface area contributed by atoms with Crippen molar-refractivity contribution in [1.29, 1.82) is 0 Å². The zero-order valence-corrected chi connectivity index (χ0v) is 14.5. The van der Waals surface area contributed by atoms with E-state index in [0.29, 0.717) is 5.56 Å². The Bertz CT molecular complexity index is 785. The summed E-state index contributed by atoms with van der Waals surface area (Å²) in [5.74, 6) is -0.338. The first-order valence-electron chi connectivity index (χ1n) is 8.02. The van der Waals surface area contributed by atoms with E-state index in [2.05, 4.69) is 5.32 Å². The number of nitrogens with zero attached hydrogens (tertiary/aromatic N) is 2. The SMILES string of the molecule is C[C@H](c1cccc([N+](=O)[O-])c1)N(C)C(=O)NCCOc1ccccc1F. The second-order valence-corrected chi connectivity index (χ2v) is 5.65. The Morgan fingerprint density at radius 3 is 2.73 bits per heavy atom. The second-order valence-electron chi connectivity index (χ2n) is 5.65. The van der Waals surface area contributed by atoms with Gasteiger partial charge in [0.15, 0.2) is 11.6 Å². The molecule has 2 amide bonds. The summed E-state index contributed by atoms with van der Waals surface area (Å²) in [6.07, 6.45) is 0. The van der Waals surface area contributed by atoms with Gasteiger partial charge in [0, 0.05) is 19.2 Å². The number of non-ortho nitro benzene ring substituents is 1. The van der Waals surface area contributed by atoms with E-state index in [4.69, 9.17) is 4.74 Å². The summed E-state index contributed by atoms with van der Waals surface area (Å²) in [4.78, 5) is 24.0. The lowest BCUT2D eigenvalue weighted by Crippen LogP contribution is -2.40. The molecule has 2 aromatic carbocycles. The van der Waals surface area contributed by atoms with Gasteiger partial charge in [-0.25, -0.2) is 9.18 Å². The maximum Gasteiger partial charge on any atom is 0.317 e. The number of benzene rings is 2. The second kappa shape index (κ2) is 8.80. The van der Waals surface area contributed by atoms with Crippen LogP contribution in [0.2, 0.25) is 0 Å². The van der Waals surface area contributed by atoms with Crippen LogP contribution in [0.4, 0.5) is 14.9 Å². The van der Waals surface area contributed by atoms with E-state index >= 15 is 0 Å². The minimum absolute atomic E-state index is 0.0264. The van der Waals surface area contributed by atoms with Gasteiger partial charge in [0.05, 0.1) is 17.5 Å². The van der Waals surface area contributed by atoms with Crippen LogP contribution in [-0.4, -0.2) is 36.1 Å². The summed E-state index contributed by atoms with van der Waals surface area (Å²) < 4.78 is 18.7. The third kappa shape index (κ3) is 4.92. The van der Waals surface area contributed by atoms with Crippen molar-refractivity contribution in [1.82, 2.24) is 10.2 Å². The van der Waals surface area contributed by atoms with Gasteiger partial charge in [-0.2, -0.15) is 0 Å². The molecule has 0 radical (unpaired) electrons. The van der Waals surface area contributed by atoms with Gasteiger partial charge < -0.3 is 15.0 Å². The Morgan fingerprint density at radius 2 is 2.04 bits per heavy atom. The Morgan fingerprint density at radius 1 is 1.31 bits per heavy atom. The number of nitro benzene ring substituents is 1. The van der Waals surface area contributed by atoms with Crippen molar-refractivity contribution in [3.05, 3.63) is 70.0 Å². The number of carbonyl (C=O) groups is 1. The summed E-state index contributed by atoms with van der Waals surface area (Å²) in [6, 6.07) is 11.5. The quantitative estimate of drug-likeness (QED) is 0.465. The predicted octanol–water partition coefficient (Wildman–Crippen LogP) is 3.52. The Labute approximate surface area is 150 Å². The van der Waals surface area contributed by atoms with Crippen molar-refractivity contribution in [2.24, 2.45) is 0 Å². The molecular formula is C18H20FN3O4. The van der Waals surface area contributed by atoms with Gasteiger partial charge in [0.1, 0.15) is 6.61 Å². The molecular weight excluding hydrogens is 341 g/mol. The summed E-state index contributed by atoms with van der Waals surface area (Å²) in [5.41, 5.74) is 0.626. The summed E-state index contributed by atoms with van der Waals surface area (Å²) in [5, 5.41) is 13.5. The molecule has 0 saturated heterocycles. The fourth-order valence-corrected chi connectivity index (χ4v) is 2.30. The molecule has 0 aromatic heterocycles. The van der Waals surface area contributed by atoms with Crippen LogP contribution >= 0.6 is 0 Å². The molecule has 0 spiro atoms. The summed E-state index contributed by atoms with van der Waals surface area (Å²) in [6.45, 7) is 2.08. The van der Waals surface area contributed by atoms with E-state index in [1.807, 2.05) is 0 Å². The number of hydrogen-bond donors (Lipinski definition) is 1. The summed E-state index contributed by atoms with van der Waals surface area (Å²) in [7, 11) is 1.59. The number of carbonyl (C=O) groups excluding carboxylic acids is 1. The van der Waals surface area contributed by atoms with Crippen LogP contribution in [0.5, 0.6) is 5.75 Å². The normalized spacial score (nSPS) is 11.5. The van der Waals surface area contributed by atoms with Crippen LogP contribution in [0.3, 0.4) is 0 Å². The number of para-hydroxylation sites is 1. The highest BCUT2D eigenvalue weighted by Crippen LogP contribution is 2.23. The molecule has 0 saturated carbocycles. The van der Waals surface area contributed by atoms with Crippen molar-refractivity contribution >= 4 is 11.7 Å². The highest BCUT2D eigenvalue weighted by Gasteiger charge is 2.19. The maximum atomic E-state index is 13.4. The first-order valence-corrected chi connectivity index (χ1v) is 8.02. The molecule has 0 aliphatic rings. The third-order valence-electron chi connectivity index (χ3n) is 3.94. The Hall–Kier alpha value is -3.16. The average Bonchev–Trinajstić information content (AvgIpc) is 2.65. The van der Waals surface area contributed by atoms with E-state index in [1.54, 1.807) is 38.2 Å². The first kappa shape index (κ1) is 19.2. The van der Waals surface area contributed by atoms with Crippen molar-refractivity contribution in [3.63, 3.8) is 0 Å². The molecule has 138 valence electrons. The fourth-order valence-electron chi connectivity index (χ4n) is 2.30.